The number of carbonyl (C=O) groups excluding carboxylic acids is 2. The third kappa shape index (κ3) is 3.32. The molecule has 1 amide bonds. The van der Waals surface area contributed by atoms with Crippen LogP contribution in [0.1, 0.15) is 36.7 Å². The summed E-state index contributed by atoms with van der Waals surface area (Å²) in [5.41, 5.74) is 9.25. The van der Waals surface area contributed by atoms with Gasteiger partial charge in [-0.05, 0) is 37.1 Å². The Balaban J connectivity index is 1.95. The van der Waals surface area contributed by atoms with Gasteiger partial charge in [0.05, 0.1) is 15.4 Å². The molecule has 0 unspecified atom stereocenters. The lowest BCUT2D eigenvalue weighted by molar-refractivity contribution is 0.102. The van der Waals surface area contributed by atoms with Gasteiger partial charge in [-0.2, -0.15) is 0 Å². The van der Waals surface area contributed by atoms with Gasteiger partial charge in [-0.3, -0.25) is 9.59 Å². The SMILES string of the molecule is Cc1ccccc1C(=O)c1sc(N)c(C(=O)Nc2ccccc2)c1C. The summed E-state index contributed by atoms with van der Waals surface area (Å²) in [5, 5.41) is 3.17. The number of para-hydroxylation sites is 1. The van der Waals surface area contributed by atoms with Crippen LogP contribution in [0, 0.1) is 13.8 Å². The molecule has 25 heavy (non-hydrogen) atoms. The smallest absolute Gasteiger partial charge is 0.258 e. The number of hydrogen-bond acceptors (Lipinski definition) is 4. The molecule has 1 heterocycles. The highest BCUT2D eigenvalue weighted by molar-refractivity contribution is 7.18. The highest BCUT2D eigenvalue weighted by Gasteiger charge is 2.24. The first-order chi connectivity index (χ1) is 12.0. The van der Waals surface area contributed by atoms with E-state index in [0.29, 0.717) is 32.3 Å². The van der Waals surface area contributed by atoms with Crippen LogP contribution in [-0.4, -0.2) is 11.7 Å². The highest BCUT2D eigenvalue weighted by Crippen LogP contribution is 2.33. The van der Waals surface area contributed by atoms with Gasteiger partial charge in [-0.25, -0.2) is 0 Å². The fourth-order valence-electron chi connectivity index (χ4n) is 2.70. The Morgan fingerprint density at radius 2 is 1.60 bits per heavy atom. The van der Waals surface area contributed by atoms with Gasteiger partial charge in [-0.15, -0.1) is 11.3 Å². The summed E-state index contributed by atoms with van der Waals surface area (Å²) in [7, 11) is 0. The van der Waals surface area contributed by atoms with Gasteiger partial charge in [0.25, 0.3) is 5.91 Å². The molecule has 0 atom stereocenters. The van der Waals surface area contributed by atoms with Crippen molar-refractivity contribution in [3.05, 3.63) is 81.7 Å². The summed E-state index contributed by atoms with van der Waals surface area (Å²) < 4.78 is 0. The Morgan fingerprint density at radius 1 is 0.960 bits per heavy atom. The molecule has 3 N–H and O–H groups in total. The molecule has 0 saturated carbocycles. The molecule has 3 rings (SSSR count). The number of ketones is 1. The third-order valence-corrected chi connectivity index (χ3v) is 5.15. The minimum absolute atomic E-state index is 0.105. The second-order valence-corrected chi connectivity index (χ2v) is 6.81. The van der Waals surface area contributed by atoms with Gasteiger partial charge in [-0.1, -0.05) is 42.5 Å². The number of hydrogen-bond donors (Lipinski definition) is 2. The largest absolute Gasteiger partial charge is 0.390 e. The minimum Gasteiger partial charge on any atom is -0.390 e. The van der Waals surface area contributed by atoms with Crippen molar-refractivity contribution in [2.45, 2.75) is 13.8 Å². The monoisotopic (exact) mass is 350 g/mol. The van der Waals surface area contributed by atoms with Gasteiger partial charge in [0.15, 0.2) is 0 Å². The minimum atomic E-state index is -0.304. The van der Waals surface area contributed by atoms with Crippen LogP contribution in [0.5, 0.6) is 0 Å². The lowest BCUT2D eigenvalue weighted by Gasteiger charge is -2.06. The molecule has 5 heteroatoms. The van der Waals surface area contributed by atoms with Crippen molar-refractivity contribution in [2.24, 2.45) is 0 Å². The Hall–Kier alpha value is -2.92. The number of rotatable bonds is 4. The van der Waals surface area contributed by atoms with Gasteiger partial charge >= 0.3 is 0 Å². The molecular formula is C20H18N2O2S. The Kier molecular flexibility index (Phi) is 4.67. The van der Waals surface area contributed by atoms with Gasteiger partial charge < -0.3 is 11.1 Å². The standard InChI is InChI=1S/C20H18N2O2S/c1-12-8-6-7-11-15(12)17(23)18-13(2)16(19(21)25-18)20(24)22-14-9-4-3-5-10-14/h3-11H,21H2,1-2H3,(H,22,24). The van der Waals surface area contributed by atoms with E-state index in [9.17, 15) is 9.59 Å². The zero-order chi connectivity index (χ0) is 18.0. The van der Waals surface area contributed by atoms with E-state index in [-0.39, 0.29) is 11.7 Å². The quantitative estimate of drug-likeness (QED) is 0.684. The number of benzene rings is 2. The van der Waals surface area contributed by atoms with E-state index < -0.39 is 0 Å². The maximum absolute atomic E-state index is 12.9. The molecule has 1 aromatic heterocycles. The van der Waals surface area contributed by atoms with Crippen molar-refractivity contribution in [1.82, 2.24) is 0 Å². The van der Waals surface area contributed by atoms with Crippen LogP contribution in [-0.2, 0) is 0 Å². The van der Waals surface area contributed by atoms with Crippen LogP contribution in [0.3, 0.4) is 0 Å². The Labute approximate surface area is 150 Å². The van der Waals surface area contributed by atoms with Crippen LogP contribution in [0.15, 0.2) is 54.6 Å². The number of amides is 1. The highest BCUT2D eigenvalue weighted by atomic mass is 32.1. The average Bonchev–Trinajstić information content (AvgIpc) is 2.90. The average molecular weight is 350 g/mol. The van der Waals surface area contributed by atoms with Crippen LogP contribution in [0.25, 0.3) is 0 Å². The Bertz CT molecular complexity index is 946. The van der Waals surface area contributed by atoms with E-state index in [0.717, 1.165) is 16.9 Å². The van der Waals surface area contributed by atoms with Crippen molar-refractivity contribution < 1.29 is 9.59 Å². The molecular weight excluding hydrogens is 332 g/mol. The molecule has 0 saturated heterocycles. The van der Waals surface area contributed by atoms with Crippen LogP contribution in [0.4, 0.5) is 10.7 Å². The molecule has 0 fully saturated rings. The summed E-state index contributed by atoms with van der Waals surface area (Å²) in [6.07, 6.45) is 0. The zero-order valence-corrected chi connectivity index (χ0v) is 14.8. The van der Waals surface area contributed by atoms with Crippen LogP contribution in [0.2, 0.25) is 0 Å². The molecule has 0 bridgehead atoms. The molecule has 0 aliphatic rings. The van der Waals surface area contributed by atoms with Gasteiger partial charge in [0, 0.05) is 11.3 Å². The van der Waals surface area contributed by atoms with Crippen molar-refractivity contribution in [3.63, 3.8) is 0 Å². The van der Waals surface area contributed by atoms with E-state index >= 15 is 0 Å². The predicted molar refractivity (Wildman–Crippen MR) is 102 cm³/mol. The van der Waals surface area contributed by atoms with E-state index in [1.54, 1.807) is 25.1 Å². The number of anilines is 2. The topological polar surface area (TPSA) is 72.2 Å². The zero-order valence-electron chi connectivity index (χ0n) is 14.0. The maximum atomic E-state index is 12.9. The molecule has 4 nitrogen and oxygen atoms in total. The van der Waals surface area contributed by atoms with Gasteiger partial charge in [0.2, 0.25) is 5.78 Å². The first-order valence-corrected chi connectivity index (χ1v) is 8.66. The van der Waals surface area contributed by atoms with Gasteiger partial charge in [0.1, 0.15) is 0 Å². The molecule has 0 radical (unpaired) electrons. The molecule has 0 aliphatic carbocycles. The predicted octanol–water partition coefficient (Wildman–Crippen LogP) is 4.43. The summed E-state index contributed by atoms with van der Waals surface area (Å²) in [6.45, 7) is 3.65. The van der Waals surface area contributed by atoms with Crippen molar-refractivity contribution >= 4 is 33.7 Å². The van der Waals surface area contributed by atoms with Crippen LogP contribution < -0.4 is 11.1 Å². The number of nitrogens with one attached hydrogen (secondary N) is 1. The number of thiophene rings is 1. The fraction of sp³-hybridized carbons (Fsp3) is 0.100. The Morgan fingerprint density at radius 3 is 2.28 bits per heavy atom. The van der Waals surface area contributed by atoms with Crippen molar-refractivity contribution in [1.29, 1.82) is 0 Å². The van der Waals surface area contributed by atoms with Crippen LogP contribution >= 0.6 is 11.3 Å². The lowest BCUT2D eigenvalue weighted by atomic mass is 10.0. The summed E-state index contributed by atoms with van der Waals surface area (Å²) in [4.78, 5) is 26.0. The molecule has 3 aromatic rings. The molecule has 0 spiro atoms. The summed E-state index contributed by atoms with van der Waals surface area (Å²) in [6, 6.07) is 16.6. The van der Waals surface area contributed by atoms with Crippen molar-refractivity contribution in [3.8, 4) is 0 Å². The molecule has 126 valence electrons. The number of nitrogens with two attached hydrogens (primary N) is 1. The molecule has 0 aliphatic heterocycles. The maximum Gasteiger partial charge on any atom is 0.258 e. The normalized spacial score (nSPS) is 10.5. The fourth-order valence-corrected chi connectivity index (χ4v) is 3.73. The van der Waals surface area contributed by atoms with E-state index in [1.807, 2.05) is 43.3 Å². The number of nitrogen functional groups attached to an aromatic ring is 1. The number of carbonyl (C=O) groups is 2. The second kappa shape index (κ2) is 6.91. The third-order valence-electron chi connectivity index (χ3n) is 4.03. The summed E-state index contributed by atoms with van der Waals surface area (Å²) >= 11 is 1.16. The first kappa shape index (κ1) is 16.9. The number of aryl methyl sites for hydroxylation is 1. The lowest BCUT2D eigenvalue weighted by Crippen LogP contribution is -2.14. The first-order valence-electron chi connectivity index (χ1n) is 7.84. The van der Waals surface area contributed by atoms with Crippen molar-refractivity contribution in [2.75, 3.05) is 11.1 Å². The second-order valence-electron chi connectivity index (χ2n) is 5.76. The molecule has 2 aromatic carbocycles. The van der Waals surface area contributed by atoms with E-state index in [2.05, 4.69) is 5.32 Å². The van der Waals surface area contributed by atoms with E-state index in [4.69, 9.17) is 5.73 Å². The van der Waals surface area contributed by atoms with E-state index in [1.165, 1.54) is 0 Å². The summed E-state index contributed by atoms with van der Waals surface area (Å²) in [5.74, 6) is -0.410.